The first kappa shape index (κ1) is 15.0. The number of rotatable bonds is 4. The Bertz CT molecular complexity index is 484. The van der Waals surface area contributed by atoms with E-state index in [-0.39, 0.29) is 18.6 Å². The number of nitrogens with zero attached hydrogens (tertiary/aromatic N) is 4. The van der Waals surface area contributed by atoms with Crippen LogP contribution in [-0.4, -0.2) is 62.6 Å². The molecule has 0 saturated heterocycles. The van der Waals surface area contributed by atoms with Crippen LogP contribution < -0.4 is 0 Å². The van der Waals surface area contributed by atoms with E-state index in [1.807, 2.05) is 23.6 Å². The second kappa shape index (κ2) is 5.93. The van der Waals surface area contributed by atoms with Crippen LogP contribution in [0.3, 0.4) is 0 Å². The molecule has 1 aliphatic heterocycles. The minimum atomic E-state index is -0.147. The molecule has 0 fully saturated rings. The highest BCUT2D eigenvalue weighted by atomic mass is 16.3. The Labute approximate surface area is 120 Å². The number of carbonyl (C=O) groups excluding carboxylic acids is 1. The Balaban J connectivity index is 2.13. The largest absolute Gasteiger partial charge is 0.394 e. The molecule has 0 saturated carbocycles. The number of likely N-dealkylation sites (N-methyl/N-ethyl adjacent to an activating group) is 1. The fraction of sp³-hybridized carbons (Fsp3) is 0.714. The Morgan fingerprint density at radius 1 is 1.60 bits per heavy atom. The zero-order chi connectivity index (χ0) is 14.9. The van der Waals surface area contributed by atoms with Crippen molar-refractivity contribution in [1.29, 1.82) is 0 Å². The van der Waals surface area contributed by atoms with Gasteiger partial charge in [-0.1, -0.05) is 0 Å². The van der Waals surface area contributed by atoms with Crippen LogP contribution in [0.1, 0.15) is 25.2 Å². The summed E-state index contributed by atoms with van der Waals surface area (Å²) in [5.41, 5.74) is 2.06. The summed E-state index contributed by atoms with van der Waals surface area (Å²) in [6.07, 6.45) is 2.44. The summed E-state index contributed by atoms with van der Waals surface area (Å²) in [5, 5.41) is 9.57. The fourth-order valence-electron chi connectivity index (χ4n) is 2.46. The predicted molar refractivity (Wildman–Crippen MR) is 76.1 cm³/mol. The second-order valence-corrected chi connectivity index (χ2v) is 5.82. The van der Waals surface area contributed by atoms with E-state index >= 15 is 0 Å². The topological polar surface area (TPSA) is 61.6 Å². The van der Waals surface area contributed by atoms with Crippen molar-refractivity contribution in [2.24, 2.45) is 7.05 Å². The number of imidazole rings is 1. The van der Waals surface area contributed by atoms with Gasteiger partial charge in [-0.15, -0.1) is 0 Å². The highest BCUT2D eigenvalue weighted by Crippen LogP contribution is 2.22. The Hall–Kier alpha value is -1.40. The minimum Gasteiger partial charge on any atom is -0.394 e. The number of fused-ring (bicyclic) bond motifs is 1. The first-order valence-corrected chi connectivity index (χ1v) is 7.03. The van der Waals surface area contributed by atoms with Gasteiger partial charge in [0, 0.05) is 25.2 Å². The van der Waals surface area contributed by atoms with Crippen molar-refractivity contribution < 1.29 is 9.90 Å². The third kappa shape index (κ3) is 2.86. The number of aliphatic hydroxyl groups excluding tert-OH is 1. The van der Waals surface area contributed by atoms with Crippen LogP contribution in [-0.2, 0) is 24.8 Å². The van der Waals surface area contributed by atoms with Crippen LogP contribution in [0.5, 0.6) is 0 Å². The van der Waals surface area contributed by atoms with Crippen LogP contribution in [0.25, 0.3) is 0 Å². The van der Waals surface area contributed by atoms with E-state index in [2.05, 4.69) is 18.8 Å². The van der Waals surface area contributed by atoms with E-state index in [0.29, 0.717) is 25.6 Å². The molecule has 1 aromatic heterocycles. The van der Waals surface area contributed by atoms with E-state index in [0.717, 1.165) is 11.4 Å². The maximum atomic E-state index is 12.4. The summed E-state index contributed by atoms with van der Waals surface area (Å²) in [6.45, 7) is 4.97. The average molecular weight is 280 g/mol. The number of aliphatic hydroxyl groups is 1. The smallest absolute Gasteiger partial charge is 0.237 e. The molecule has 0 unspecified atom stereocenters. The van der Waals surface area contributed by atoms with Crippen molar-refractivity contribution in [3.05, 3.63) is 17.7 Å². The van der Waals surface area contributed by atoms with Crippen molar-refractivity contribution in [3.8, 4) is 0 Å². The number of hydrogen-bond donors (Lipinski definition) is 1. The summed E-state index contributed by atoms with van der Waals surface area (Å²) < 4.78 is 1.97. The molecule has 1 N–H and O–H groups in total. The minimum absolute atomic E-state index is 0.0121. The molecule has 0 aromatic carbocycles. The lowest BCUT2D eigenvalue weighted by Gasteiger charge is -2.36. The number of hydrogen-bond acceptors (Lipinski definition) is 4. The normalized spacial score (nSPS) is 18.8. The molecule has 2 rings (SSSR count). The van der Waals surface area contributed by atoms with E-state index in [1.165, 1.54) is 0 Å². The molecule has 1 amide bonds. The highest BCUT2D eigenvalue weighted by Gasteiger charge is 2.32. The zero-order valence-electron chi connectivity index (χ0n) is 12.7. The molecule has 1 atom stereocenters. The van der Waals surface area contributed by atoms with Gasteiger partial charge in [-0.2, -0.15) is 0 Å². The third-order valence-electron chi connectivity index (χ3n) is 4.13. The van der Waals surface area contributed by atoms with E-state index in [9.17, 15) is 9.90 Å². The SMILES string of the molecule is CC(C)N(C)CC(=O)N1Cc2ncn(C)c2C[C@@H]1CO. The van der Waals surface area contributed by atoms with E-state index < -0.39 is 0 Å². The van der Waals surface area contributed by atoms with Gasteiger partial charge < -0.3 is 14.6 Å². The molecule has 0 spiro atoms. The summed E-state index contributed by atoms with van der Waals surface area (Å²) in [4.78, 5) is 20.5. The fourth-order valence-corrected chi connectivity index (χ4v) is 2.46. The molecule has 6 nitrogen and oxygen atoms in total. The van der Waals surface area contributed by atoms with Crippen LogP contribution in [0.4, 0.5) is 0 Å². The van der Waals surface area contributed by atoms with Gasteiger partial charge in [-0.3, -0.25) is 9.69 Å². The molecule has 2 heterocycles. The molecular formula is C14H24N4O2. The lowest BCUT2D eigenvalue weighted by Crippen LogP contribution is -2.50. The van der Waals surface area contributed by atoms with Crippen LogP contribution >= 0.6 is 0 Å². The van der Waals surface area contributed by atoms with Gasteiger partial charge in [0.05, 0.1) is 37.8 Å². The maximum absolute atomic E-state index is 12.4. The third-order valence-corrected chi connectivity index (χ3v) is 4.13. The van der Waals surface area contributed by atoms with Gasteiger partial charge in [0.15, 0.2) is 0 Å². The lowest BCUT2D eigenvalue weighted by atomic mass is 10.0. The molecule has 6 heteroatoms. The van der Waals surface area contributed by atoms with E-state index in [1.54, 1.807) is 11.2 Å². The van der Waals surface area contributed by atoms with Gasteiger partial charge in [0.1, 0.15) is 0 Å². The number of amides is 1. The van der Waals surface area contributed by atoms with Crippen molar-refractivity contribution >= 4 is 5.91 Å². The quantitative estimate of drug-likeness (QED) is 0.844. The van der Waals surface area contributed by atoms with E-state index in [4.69, 9.17) is 0 Å². The Morgan fingerprint density at radius 2 is 2.30 bits per heavy atom. The predicted octanol–water partition coefficient (Wildman–Crippen LogP) is 0.00590. The van der Waals surface area contributed by atoms with Crippen LogP contribution in [0.15, 0.2) is 6.33 Å². The van der Waals surface area contributed by atoms with Crippen molar-refractivity contribution in [2.45, 2.75) is 38.9 Å². The summed E-state index contributed by atoms with van der Waals surface area (Å²) in [7, 11) is 3.89. The molecule has 112 valence electrons. The van der Waals surface area contributed by atoms with Gasteiger partial charge in [-0.25, -0.2) is 4.98 Å². The molecule has 0 radical (unpaired) electrons. The lowest BCUT2D eigenvalue weighted by molar-refractivity contribution is -0.137. The average Bonchev–Trinajstić information content (AvgIpc) is 2.78. The molecule has 20 heavy (non-hydrogen) atoms. The first-order valence-electron chi connectivity index (χ1n) is 7.03. The number of aromatic nitrogens is 2. The maximum Gasteiger partial charge on any atom is 0.237 e. The van der Waals surface area contributed by atoms with Gasteiger partial charge in [-0.05, 0) is 20.9 Å². The summed E-state index contributed by atoms with van der Waals surface area (Å²) in [5.74, 6) is 0.0524. The Kier molecular flexibility index (Phi) is 4.45. The highest BCUT2D eigenvalue weighted by molar-refractivity contribution is 5.79. The number of aryl methyl sites for hydroxylation is 1. The zero-order valence-corrected chi connectivity index (χ0v) is 12.7. The van der Waals surface area contributed by atoms with Gasteiger partial charge in [0.25, 0.3) is 0 Å². The number of carbonyl (C=O) groups is 1. The molecule has 0 aliphatic carbocycles. The molecule has 1 aromatic rings. The van der Waals surface area contributed by atoms with Crippen molar-refractivity contribution in [1.82, 2.24) is 19.4 Å². The molecule has 1 aliphatic rings. The van der Waals surface area contributed by atoms with Crippen molar-refractivity contribution in [3.63, 3.8) is 0 Å². The molecule has 0 bridgehead atoms. The van der Waals surface area contributed by atoms with Gasteiger partial charge in [0.2, 0.25) is 5.91 Å². The van der Waals surface area contributed by atoms with Crippen molar-refractivity contribution in [2.75, 3.05) is 20.2 Å². The van der Waals surface area contributed by atoms with Gasteiger partial charge >= 0.3 is 0 Å². The summed E-state index contributed by atoms with van der Waals surface area (Å²) in [6, 6.07) is 0.174. The van der Waals surface area contributed by atoms with Crippen LogP contribution in [0, 0.1) is 0 Å². The molecular weight excluding hydrogens is 256 g/mol. The summed E-state index contributed by atoms with van der Waals surface area (Å²) >= 11 is 0. The van der Waals surface area contributed by atoms with Crippen LogP contribution in [0.2, 0.25) is 0 Å². The Morgan fingerprint density at radius 3 is 2.90 bits per heavy atom. The standard InChI is InChI=1S/C14H24N4O2/c1-10(2)16(3)7-14(20)18-6-12-13(5-11(18)8-19)17(4)9-15-12/h9-11,19H,5-8H2,1-4H3/t11-/m1/s1. The monoisotopic (exact) mass is 280 g/mol. The second-order valence-electron chi connectivity index (χ2n) is 5.82. The first-order chi connectivity index (χ1) is 9.43.